The van der Waals surface area contributed by atoms with Gasteiger partial charge < -0.3 is 33.2 Å². The van der Waals surface area contributed by atoms with E-state index in [2.05, 4.69) is 166 Å². The fourth-order valence-corrected chi connectivity index (χ4v) is 17.7. The third kappa shape index (κ3) is 15.5. The van der Waals surface area contributed by atoms with Crippen LogP contribution in [-0.2, 0) is 29.2 Å². The van der Waals surface area contributed by atoms with Gasteiger partial charge in [-0.1, -0.05) is 136 Å². The number of fused-ring (bicyclic) bond motifs is 1. The van der Waals surface area contributed by atoms with Crippen LogP contribution in [0.25, 0.3) is 0 Å². The molecule has 2 rings (SSSR count). The van der Waals surface area contributed by atoms with Crippen LogP contribution < -0.4 is 10.1 Å². The maximum Gasteiger partial charge on any atom is 0.342 e. The van der Waals surface area contributed by atoms with Crippen molar-refractivity contribution in [1.29, 1.82) is 0 Å². The van der Waals surface area contributed by atoms with Gasteiger partial charge in [-0.3, -0.25) is 4.79 Å². The van der Waals surface area contributed by atoms with E-state index in [0.717, 1.165) is 12.8 Å². The number of hydrogen-bond acceptors (Lipinski definition) is 8. The van der Waals surface area contributed by atoms with Gasteiger partial charge >= 0.3 is 5.97 Å². The molecule has 376 valence electrons. The van der Waals surface area contributed by atoms with Gasteiger partial charge in [0.15, 0.2) is 16.6 Å². The van der Waals surface area contributed by atoms with Crippen molar-refractivity contribution in [1.82, 2.24) is 5.32 Å². The van der Waals surface area contributed by atoms with Gasteiger partial charge in [0.1, 0.15) is 23.2 Å². The molecular weight excluding hydrogens is 875 g/mol. The number of hydrogen-bond donors (Lipinski definition) is 2. The number of nitrogens with one attached hydrogen (secondary N) is 1. The van der Waals surface area contributed by atoms with Crippen molar-refractivity contribution in [3.8, 4) is 35.2 Å². The van der Waals surface area contributed by atoms with E-state index in [4.69, 9.17) is 22.8 Å². The van der Waals surface area contributed by atoms with Gasteiger partial charge in [0, 0.05) is 31.2 Å². The molecule has 0 saturated heterocycles. The number of carbonyl (C=O) groups is 2. The fourth-order valence-electron chi connectivity index (χ4n) is 9.08. The Hall–Kier alpha value is -2.59. The molecule has 1 aliphatic heterocycles. The number of cyclic esters (lactones) is 1. The van der Waals surface area contributed by atoms with Crippen molar-refractivity contribution < 1.29 is 37.4 Å². The highest BCUT2D eigenvalue weighted by atomic mass is 28.4. The largest absolute Gasteiger partial charge is 0.507 e. The molecule has 0 radical (unpaired) electrons. The Morgan fingerprint density at radius 2 is 1.42 bits per heavy atom. The van der Waals surface area contributed by atoms with Crippen molar-refractivity contribution in [2.24, 2.45) is 23.7 Å². The van der Waals surface area contributed by atoms with Crippen LogP contribution in [0, 0.1) is 47.4 Å². The molecular formula is C54H95NO8Si3. The molecule has 1 aromatic carbocycles. The minimum atomic E-state index is -2.35. The van der Waals surface area contributed by atoms with E-state index in [-0.39, 0.29) is 75.8 Å². The Balaban J connectivity index is 2.54. The molecule has 0 aromatic heterocycles. The van der Waals surface area contributed by atoms with E-state index in [0.29, 0.717) is 53.6 Å². The molecule has 0 bridgehead atoms. The summed E-state index contributed by atoms with van der Waals surface area (Å²) in [6.45, 7) is 46.7. The number of ether oxygens (including phenoxy) is 2. The molecule has 1 aromatic rings. The molecule has 1 heterocycles. The summed E-state index contributed by atoms with van der Waals surface area (Å²) in [5.74, 6) is 12.5. The van der Waals surface area contributed by atoms with Gasteiger partial charge in [0.2, 0.25) is 14.2 Å². The molecule has 0 aliphatic carbocycles. The summed E-state index contributed by atoms with van der Waals surface area (Å²) < 4.78 is 33.6. The summed E-state index contributed by atoms with van der Waals surface area (Å²) in [5, 5.41) is 14.6. The van der Waals surface area contributed by atoms with Crippen molar-refractivity contribution in [2.45, 2.75) is 234 Å². The zero-order valence-electron chi connectivity index (χ0n) is 45.8. The molecule has 0 fully saturated rings. The van der Waals surface area contributed by atoms with Gasteiger partial charge in [-0.2, -0.15) is 0 Å². The Bertz CT molecular complexity index is 1840. The van der Waals surface area contributed by atoms with Crippen LogP contribution in [0.2, 0.25) is 52.9 Å². The third-order valence-corrected chi connectivity index (χ3v) is 30.5. The van der Waals surface area contributed by atoms with E-state index < -0.39 is 37.0 Å². The monoisotopic (exact) mass is 970 g/mol. The van der Waals surface area contributed by atoms with Gasteiger partial charge in [-0.15, -0.1) is 11.8 Å². The lowest BCUT2D eigenvalue weighted by Gasteiger charge is -2.46. The lowest BCUT2D eigenvalue weighted by Crippen LogP contribution is -2.51. The molecule has 1 amide bonds. The van der Waals surface area contributed by atoms with E-state index >= 15 is 0 Å². The Morgan fingerprint density at radius 3 is 1.94 bits per heavy atom. The quantitative estimate of drug-likeness (QED) is 0.0801. The molecule has 2 N–H and O–H groups in total. The summed E-state index contributed by atoms with van der Waals surface area (Å²) in [5.41, 5.74) is 1.87. The predicted octanol–water partition coefficient (Wildman–Crippen LogP) is 13.5. The third-order valence-electron chi connectivity index (χ3n) is 15.4. The topological polar surface area (TPSA) is 113 Å². The highest BCUT2D eigenvalue weighted by Crippen LogP contribution is 2.46. The van der Waals surface area contributed by atoms with Crippen LogP contribution in [0.15, 0.2) is 12.1 Å². The normalized spacial score (nSPS) is 20.3. The lowest BCUT2D eigenvalue weighted by molar-refractivity contribution is -0.127. The maximum absolute atomic E-state index is 14.6. The van der Waals surface area contributed by atoms with Crippen LogP contribution >= 0.6 is 0 Å². The average molecular weight is 971 g/mol. The second-order valence-electron chi connectivity index (χ2n) is 23.5. The van der Waals surface area contributed by atoms with Gasteiger partial charge in [0.05, 0.1) is 37.9 Å². The van der Waals surface area contributed by atoms with Gasteiger partial charge in [-0.25, -0.2) is 4.79 Å². The van der Waals surface area contributed by atoms with Gasteiger partial charge in [-0.05, 0) is 89.2 Å². The highest BCUT2D eigenvalue weighted by Gasteiger charge is 2.48. The zero-order valence-corrected chi connectivity index (χ0v) is 48.8. The zero-order chi connectivity index (χ0) is 50.7. The summed E-state index contributed by atoms with van der Waals surface area (Å²) >= 11 is 0. The van der Waals surface area contributed by atoms with Crippen LogP contribution in [0.3, 0.4) is 0 Å². The van der Waals surface area contributed by atoms with Crippen molar-refractivity contribution in [3.63, 3.8) is 0 Å². The number of benzene rings is 1. The number of amides is 1. The first kappa shape index (κ1) is 59.5. The number of esters is 1. The lowest BCUT2D eigenvalue weighted by atomic mass is 9.86. The number of rotatable bonds is 19. The summed E-state index contributed by atoms with van der Waals surface area (Å²) in [4.78, 5) is 28.1. The second-order valence-corrected chi connectivity index (χ2v) is 38.4. The Kier molecular flexibility index (Phi) is 22.4. The van der Waals surface area contributed by atoms with Gasteiger partial charge in [0.25, 0.3) is 0 Å². The van der Waals surface area contributed by atoms with E-state index in [1.165, 1.54) is 6.07 Å². The second kappa shape index (κ2) is 24.8. The molecule has 0 unspecified atom stereocenters. The Labute approximate surface area is 407 Å². The summed E-state index contributed by atoms with van der Waals surface area (Å²) in [7, 11) is -5.20. The smallest absolute Gasteiger partial charge is 0.342 e. The highest BCUT2D eigenvalue weighted by molar-refractivity contribution is 6.77. The Morgan fingerprint density at radius 1 is 0.879 bits per heavy atom. The summed E-state index contributed by atoms with van der Waals surface area (Å²) in [6, 6.07) is 3.33. The van der Waals surface area contributed by atoms with Crippen molar-refractivity contribution in [3.05, 3.63) is 23.3 Å². The number of carbonyl (C=O) groups excluding carboxylic acids is 2. The first-order valence-corrected chi connectivity index (χ1v) is 33.1. The first-order chi connectivity index (χ1) is 30.3. The molecule has 12 heteroatoms. The van der Waals surface area contributed by atoms with E-state index in [1.807, 2.05) is 13.0 Å². The van der Waals surface area contributed by atoms with Crippen molar-refractivity contribution in [2.75, 3.05) is 13.7 Å². The maximum atomic E-state index is 14.6. The molecule has 1 aliphatic rings. The first-order valence-electron chi connectivity index (χ1n) is 25.1. The fraction of sp³-hybridized carbons (Fsp3) is 0.778. The number of phenolic OH excluding ortho intramolecular Hbond substituents is 1. The van der Waals surface area contributed by atoms with Crippen LogP contribution in [0.5, 0.6) is 11.5 Å². The number of methoxy groups -OCH3 is 1. The summed E-state index contributed by atoms with van der Waals surface area (Å²) in [6.07, 6.45) is 2.24. The van der Waals surface area contributed by atoms with Crippen LogP contribution in [0.4, 0.5) is 0 Å². The number of phenols is 1. The van der Waals surface area contributed by atoms with Crippen LogP contribution in [-0.4, -0.2) is 80.0 Å². The molecule has 66 heavy (non-hydrogen) atoms. The molecule has 0 spiro atoms. The van der Waals surface area contributed by atoms with Crippen LogP contribution in [0.1, 0.15) is 166 Å². The van der Waals surface area contributed by atoms with E-state index in [9.17, 15) is 14.7 Å². The van der Waals surface area contributed by atoms with Crippen molar-refractivity contribution >= 4 is 36.8 Å². The standard InChI is InChI=1S/C54H95NO8Si3/c1-23-28-47(61-64(19,20)53(12,13)14)42(11)51(57)55-32-27-26-30-40(9)50(63-65(21,22)54(15,16)17)41(10)46-31-25-24-29-39(8)48(62-66(36(2)3,37(4)5)38(6)7)34-43-33-44(59-18)35-45(56)49(43)52(58)60-46/h33,35-42,46-48,50,56H,23,28-32,34H2,1-22H3,(H,55,57)/t39-,40+,41+,42+,46-,47-,48+,50+/m0/s1. The minimum Gasteiger partial charge on any atom is -0.507 e. The SMILES string of the molecule is CCC[C@H](O[Si](C)(C)C(C)(C)C)[C@@H](C)C(=O)NCC#CC[C@@H](C)[C@@H](O[Si](C)(C)C(C)(C)C)[C@H](C)[C@@H]1CC#CC[C@H](C)[C@H](O[Si](C(C)C)(C(C)C)C(C)C)Cc2cc(OC)cc(O)c2C(=O)O1. The average Bonchev–Trinajstić information content (AvgIpc) is 3.19. The van der Waals surface area contributed by atoms with E-state index in [1.54, 1.807) is 7.11 Å². The number of aromatic hydroxyl groups is 1. The minimum absolute atomic E-state index is 0.0442. The molecule has 9 nitrogen and oxygen atoms in total. The molecule has 0 saturated carbocycles. The predicted molar refractivity (Wildman–Crippen MR) is 282 cm³/mol. The molecule has 8 atom stereocenters.